The van der Waals surface area contributed by atoms with Crippen LogP contribution in [0.1, 0.15) is 41.0 Å². The van der Waals surface area contributed by atoms with Crippen LogP contribution in [0.2, 0.25) is 0 Å². The Morgan fingerprint density at radius 1 is 1.25 bits per heavy atom. The van der Waals surface area contributed by atoms with Crippen molar-refractivity contribution in [1.29, 1.82) is 0 Å². The van der Waals surface area contributed by atoms with Crippen molar-refractivity contribution in [3.63, 3.8) is 0 Å². The van der Waals surface area contributed by atoms with Crippen LogP contribution in [0.15, 0.2) is 0 Å². The molecule has 0 aromatic heterocycles. The second kappa shape index (κ2) is 5.87. The molecule has 0 radical (unpaired) electrons. The van der Waals surface area contributed by atoms with Crippen LogP contribution in [-0.4, -0.2) is 18.4 Å². The van der Waals surface area contributed by atoms with Crippen LogP contribution in [0.5, 0.6) is 0 Å². The van der Waals surface area contributed by atoms with E-state index in [-0.39, 0.29) is 17.9 Å². The first-order valence-corrected chi connectivity index (χ1v) is 5.69. The minimum Gasteiger partial charge on any atom is -0.368 e. The van der Waals surface area contributed by atoms with E-state index >= 15 is 0 Å². The highest BCUT2D eigenvalue weighted by Crippen LogP contribution is 2.34. The fraction of sp³-hybridized carbons (Fsp3) is 0.833. The molecule has 0 fully saturated rings. The number of hydrogen-bond acceptors (Lipinski definition) is 2. The Morgan fingerprint density at radius 2 is 1.75 bits per heavy atom. The van der Waals surface area contributed by atoms with Crippen molar-refractivity contribution in [3.05, 3.63) is 0 Å². The molecule has 0 aromatic rings. The summed E-state index contributed by atoms with van der Waals surface area (Å²) in [4.78, 5) is 22.1. The Bertz CT molecular complexity index is 254. The van der Waals surface area contributed by atoms with Crippen LogP contribution in [0, 0.1) is 17.3 Å². The van der Waals surface area contributed by atoms with Gasteiger partial charge in [0.1, 0.15) is 0 Å². The molecule has 0 saturated heterocycles. The lowest BCUT2D eigenvalue weighted by molar-refractivity contribution is -0.126. The van der Waals surface area contributed by atoms with Gasteiger partial charge in [0, 0.05) is 6.42 Å². The van der Waals surface area contributed by atoms with Crippen molar-refractivity contribution in [3.8, 4) is 0 Å². The van der Waals surface area contributed by atoms with E-state index in [0.717, 1.165) is 0 Å². The van der Waals surface area contributed by atoms with Crippen LogP contribution in [0.25, 0.3) is 0 Å². The van der Waals surface area contributed by atoms with E-state index in [4.69, 9.17) is 5.73 Å². The van der Waals surface area contributed by atoms with E-state index in [9.17, 15) is 9.59 Å². The summed E-state index contributed by atoms with van der Waals surface area (Å²) in [6.45, 7) is 10.5. The number of hydrogen-bond donors (Lipinski definition) is 2. The lowest BCUT2D eigenvalue weighted by Crippen LogP contribution is -2.37. The number of carbonyl (C=O) groups is 2. The molecule has 0 aromatic carbocycles. The normalized spacial score (nSPS) is 13.6. The highest BCUT2D eigenvalue weighted by atomic mass is 16.2. The van der Waals surface area contributed by atoms with Gasteiger partial charge in [-0.2, -0.15) is 0 Å². The molecule has 0 aliphatic rings. The molecule has 16 heavy (non-hydrogen) atoms. The number of amides is 2. The summed E-state index contributed by atoms with van der Waals surface area (Å²) in [5, 5.41) is 2.53. The van der Waals surface area contributed by atoms with Crippen LogP contribution in [-0.2, 0) is 9.59 Å². The van der Waals surface area contributed by atoms with Gasteiger partial charge in [-0.05, 0) is 17.3 Å². The second-order valence-electron chi connectivity index (χ2n) is 5.66. The van der Waals surface area contributed by atoms with E-state index in [0.29, 0.717) is 18.3 Å². The molecule has 0 aliphatic heterocycles. The molecule has 0 aliphatic carbocycles. The molecule has 4 heteroatoms. The van der Waals surface area contributed by atoms with Crippen LogP contribution in [0.4, 0.5) is 0 Å². The van der Waals surface area contributed by atoms with Gasteiger partial charge in [0.25, 0.3) is 0 Å². The first-order chi connectivity index (χ1) is 7.14. The van der Waals surface area contributed by atoms with Gasteiger partial charge in [-0.3, -0.25) is 9.59 Å². The minimum absolute atomic E-state index is 0.0756. The molecule has 3 N–H and O–H groups in total. The third-order valence-corrected chi connectivity index (χ3v) is 2.78. The molecule has 4 nitrogen and oxygen atoms in total. The SMILES string of the molecule is CC(C)[C@H](CC(=O)NCC(N)=O)C(C)(C)C. The third kappa shape index (κ3) is 5.73. The quantitative estimate of drug-likeness (QED) is 0.744. The summed E-state index contributed by atoms with van der Waals surface area (Å²) in [5.41, 5.74) is 5.05. The van der Waals surface area contributed by atoms with E-state index in [1.807, 2.05) is 0 Å². The Kier molecular flexibility index (Phi) is 5.48. The minimum atomic E-state index is -0.509. The van der Waals surface area contributed by atoms with Crippen molar-refractivity contribution in [2.24, 2.45) is 23.0 Å². The Balaban J connectivity index is 4.31. The number of nitrogens with one attached hydrogen (secondary N) is 1. The van der Waals surface area contributed by atoms with E-state index < -0.39 is 5.91 Å². The van der Waals surface area contributed by atoms with Crippen molar-refractivity contribution < 1.29 is 9.59 Å². The zero-order valence-electron chi connectivity index (χ0n) is 11.0. The largest absolute Gasteiger partial charge is 0.368 e. The Labute approximate surface area is 98.0 Å². The second-order valence-corrected chi connectivity index (χ2v) is 5.66. The monoisotopic (exact) mass is 228 g/mol. The summed E-state index contributed by atoms with van der Waals surface area (Å²) in [6, 6.07) is 0. The number of rotatable bonds is 5. The van der Waals surface area contributed by atoms with Gasteiger partial charge in [0.05, 0.1) is 6.54 Å². The molecular weight excluding hydrogens is 204 g/mol. The van der Waals surface area contributed by atoms with Gasteiger partial charge in [-0.1, -0.05) is 34.6 Å². The van der Waals surface area contributed by atoms with Gasteiger partial charge in [0.2, 0.25) is 11.8 Å². The fourth-order valence-corrected chi connectivity index (χ4v) is 2.00. The van der Waals surface area contributed by atoms with Crippen LogP contribution >= 0.6 is 0 Å². The first kappa shape index (κ1) is 14.9. The van der Waals surface area contributed by atoms with Crippen LogP contribution in [0.3, 0.4) is 0 Å². The highest BCUT2D eigenvalue weighted by molar-refractivity contribution is 5.83. The topological polar surface area (TPSA) is 72.2 Å². The van der Waals surface area contributed by atoms with Crippen molar-refractivity contribution >= 4 is 11.8 Å². The predicted molar refractivity (Wildman–Crippen MR) is 64.6 cm³/mol. The van der Waals surface area contributed by atoms with E-state index in [1.54, 1.807) is 0 Å². The fourth-order valence-electron chi connectivity index (χ4n) is 2.00. The smallest absolute Gasteiger partial charge is 0.236 e. The number of primary amides is 1. The van der Waals surface area contributed by atoms with Crippen LogP contribution < -0.4 is 11.1 Å². The zero-order valence-corrected chi connectivity index (χ0v) is 11.0. The Hall–Kier alpha value is -1.06. The molecule has 1 atom stereocenters. The zero-order chi connectivity index (χ0) is 12.9. The van der Waals surface area contributed by atoms with E-state index in [1.165, 1.54) is 0 Å². The van der Waals surface area contributed by atoms with Gasteiger partial charge < -0.3 is 11.1 Å². The summed E-state index contributed by atoms with van der Waals surface area (Å²) in [5.74, 6) is 0.109. The molecule has 94 valence electrons. The maximum atomic E-state index is 11.6. The molecule has 0 saturated carbocycles. The third-order valence-electron chi connectivity index (χ3n) is 2.78. The van der Waals surface area contributed by atoms with Gasteiger partial charge in [0.15, 0.2) is 0 Å². The van der Waals surface area contributed by atoms with Gasteiger partial charge >= 0.3 is 0 Å². The predicted octanol–water partition coefficient (Wildman–Crippen LogP) is 1.30. The summed E-state index contributed by atoms with van der Waals surface area (Å²) < 4.78 is 0. The average molecular weight is 228 g/mol. The molecule has 0 heterocycles. The molecule has 0 bridgehead atoms. The summed E-state index contributed by atoms with van der Waals surface area (Å²) >= 11 is 0. The highest BCUT2D eigenvalue weighted by Gasteiger charge is 2.29. The maximum absolute atomic E-state index is 11.6. The lowest BCUT2D eigenvalue weighted by Gasteiger charge is -2.33. The molecule has 0 unspecified atom stereocenters. The molecule has 0 rings (SSSR count). The average Bonchev–Trinajstić information content (AvgIpc) is 2.08. The Morgan fingerprint density at radius 3 is 2.06 bits per heavy atom. The number of carbonyl (C=O) groups excluding carboxylic acids is 2. The number of nitrogens with two attached hydrogens (primary N) is 1. The summed E-state index contributed by atoms with van der Waals surface area (Å²) in [7, 11) is 0. The maximum Gasteiger partial charge on any atom is 0.236 e. The first-order valence-electron chi connectivity index (χ1n) is 5.69. The molecule has 0 spiro atoms. The van der Waals surface area contributed by atoms with Crippen molar-refractivity contribution in [1.82, 2.24) is 5.32 Å². The molecule has 2 amide bonds. The standard InChI is InChI=1S/C12H24N2O2/c1-8(2)9(12(3,4)5)6-11(16)14-7-10(13)15/h8-9H,6-7H2,1-5H3,(H2,13,15)(H,14,16)/t9-/m0/s1. The molecular formula is C12H24N2O2. The van der Waals surface area contributed by atoms with E-state index in [2.05, 4.69) is 39.9 Å². The van der Waals surface area contributed by atoms with Crippen molar-refractivity contribution in [2.45, 2.75) is 41.0 Å². The summed E-state index contributed by atoms with van der Waals surface area (Å²) in [6.07, 6.45) is 0.439. The van der Waals surface area contributed by atoms with Gasteiger partial charge in [-0.15, -0.1) is 0 Å². The van der Waals surface area contributed by atoms with Gasteiger partial charge in [-0.25, -0.2) is 0 Å². The van der Waals surface area contributed by atoms with Crippen molar-refractivity contribution in [2.75, 3.05) is 6.54 Å². The lowest BCUT2D eigenvalue weighted by atomic mass is 9.72.